The van der Waals surface area contributed by atoms with E-state index >= 15 is 0 Å². The van der Waals surface area contributed by atoms with Gasteiger partial charge in [-0.15, -0.1) is 0 Å². The Kier molecular flexibility index (Phi) is 3.34. The molecule has 0 radical (unpaired) electrons. The number of methoxy groups -OCH3 is 1. The summed E-state index contributed by atoms with van der Waals surface area (Å²) in [5, 5.41) is 3.22. The lowest BCUT2D eigenvalue weighted by molar-refractivity contribution is 0.111. The Morgan fingerprint density at radius 1 is 1.75 bits per heavy atom. The Morgan fingerprint density at radius 2 is 2.50 bits per heavy atom. The number of carbonyl (C=O) groups is 1. The molecule has 1 amide bonds. The first-order valence-corrected chi connectivity index (χ1v) is 4.35. The van der Waals surface area contributed by atoms with Crippen LogP contribution in [0.1, 0.15) is 13.3 Å². The van der Waals surface area contributed by atoms with Crippen molar-refractivity contribution >= 4 is 6.09 Å². The summed E-state index contributed by atoms with van der Waals surface area (Å²) in [5.41, 5.74) is 0. The predicted octanol–water partition coefficient (Wildman–Crippen LogP) is 0.437. The van der Waals surface area contributed by atoms with Crippen molar-refractivity contribution in [3.63, 3.8) is 0 Å². The van der Waals surface area contributed by atoms with Crippen molar-refractivity contribution in [1.29, 1.82) is 0 Å². The van der Waals surface area contributed by atoms with Crippen LogP contribution in [0.25, 0.3) is 0 Å². The van der Waals surface area contributed by atoms with Crippen LogP contribution in [0.15, 0.2) is 0 Å². The number of likely N-dealkylation sites (N-methyl/N-ethyl adjacent to an activating group) is 1. The van der Waals surface area contributed by atoms with Crippen LogP contribution < -0.4 is 5.32 Å². The fraction of sp³-hybridized carbons (Fsp3) is 0.875. The van der Waals surface area contributed by atoms with Gasteiger partial charge in [0.25, 0.3) is 0 Å². The maximum Gasteiger partial charge on any atom is 0.409 e. The average Bonchev–Trinajstić information content (AvgIpc) is 2.58. The SMILES string of the molecule is CCN(C(=O)OC)[C@H]1CCNC1. The molecule has 1 aliphatic heterocycles. The van der Waals surface area contributed by atoms with Gasteiger partial charge in [-0.3, -0.25) is 0 Å². The minimum Gasteiger partial charge on any atom is -0.453 e. The highest BCUT2D eigenvalue weighted by Crippen LogP contribution is 2.08. The normalized spacial score (nSPS) is 22.3. The lowest BCUT2D eigenvalue weighted by atomic mass is 10.2. The van der Waals surface area contributed by atoms with Gasteiger partial charge >= 0.3 is 6.09 Å². The van der Waals surface area contributed by atoms with Crippen molar-refractivity contribution in [2.75, 3.05) is 26.7 Å². The molecule has 4 nitrogen and oxygen atoms in total. The van der Waals surface area contributed by atoms with Gasteiger partial charge in [0.05, 0.1) is 7.11 Å². The maximum absolute atomic E-state index is 11.2. The number of hydrogen-bond donors (Lipinski definition) is 1. The molecular weight excluding hydrogens is 156 g/mol. The van der Waals surface area contributed by atoms with E-state index in [-0.39, 0.29) is 6.09 Å². The van der Waals surface area contributed by atoms with Crippen molar-refractivity contribution in [2.45, 2.75) is 19.4 Å². The van der Waals surface area contributed by atoms with Crippen molar-refractivity contribution in [3.8, 4) is 0 Å². The van der Waals surface area contributed by atoms with Crippen LogP contribution in [-0.2, 0) is 4.74 Å². The number of ether oxygens (including phenoxy) is 1. The first-order chi connectivity index (χ1) is 5.79. The largest absolute Gasteiger partial charge is 0.453 e. The number of nitrogens with zero attached hydrogens (tertiary/aromatic N) is 1. The van der Waals surface area contributed by atoms with E-state index in [0.717, 1.165) is 26.1 Å². The number of nitrogens with one attached hydrogen (secondary N) is 1. The van der Waals surface area contributed by atoms with E-state index < -0.39 is 0 Å². The molecule has 0 aromatic rings. The maximum atomic E-state index is 11.2. The molecule has 0 saturated carbocycles. The Bertz CT molecular complexity index is 155. The summed E-state index contributed by atoms with van der Waals surface area (Å²) >= 11 is 0. The minimum absolute atomic E-state index is 0.216. The van der Waals surface area contributed by atoms with E-state index in [1.807, 2.05) is 6.92 Å². The van der Waals surface area contributed by atoms with Crippen LogP contribution in [0, 0.1) is 0 Å². The van der Waals surface area contributed by atoms with Crippen LogP contribution in [0.5, 0.6) is 0 Å². The van der Waals surface area contributed by atoms with E-state index in [1.165, 1.54) is 7.11 Å². The molecule has 0 aromatic carbocycles. The van der Waals surface area contributed by atoms with Crippen molar-refractivity contribution in [1.82, 2.24) is 10.2 Å². The van der Waals surface area contributed by atoms with Crippen LogP contribution >= 0.6 is 0 Å². The van der Waals surface area contributed by atoms with Gasteiger partial charge in [-0.2, -0.15) is 0 Å². The van der Waals surface area contributed by atoms with E-state index in [1.54, 1.807) is 4.90 Å². The summed E-state index contributed by atoms with van der Waals surface area (Å²) in [6.07, 6.45) is 0.814. The first kappa shape index (κ1) is 9.32. The average molecular weight is 172 g/mol. The molecule has 1 heterocycles. The third kappa shape index (κ3) is 1.88. The van der Waals surface area contributed by atoms with Crippen molar-refractivity contribution in [2.24, 2.45) is 0 Å². The molecule has 1 saturated heterocycles. The van der Waals surface area contributed by atoms with E-state index in [4.69, 9.17) is 0 Å². The number of rotatable bonds is 2. The van der Waals surface area contributed by atoms with E-state index in [0.29, 0.717) is 6.04 Å². The van der Waals surface area contributed by atoms with E-state index in [9.17, 15) is 4.79 Å². The Labute approximate surface area is 72.9 Å². The lowest BCUT2D eigenvalue weighted by Gasteiger charge is -2.25. The van der Waals surface area contributed by atoms with Gasteiger partial charge in [-0.05, 0) is 19.9 Å². The van der Waals surface area contributed by atoms with Crippen LogP contribution in [0.4, 0.5) is 4.79 Å². The molecular formula is C8H16N2O2. The second-order valence-electron chi connectivity index (χ2n) is 2.90. The molecule has 0 spiro atoms. The monoisotopic (exact) mass is 172 g/mol. The Morgan fingerprint density at radius 3 is 2.92 bits per heavy atom. The zero-order valence-electron chi connectivity index (χ0n) is 7.67. The highest BCUT2D eigenvalue weighted by atomic mass is 16.5. The Balaban J connectivity index is 2.48. The molecule has 1 atom stereocenters. The fourth-order valence-corrected chi connectivity index (χ4v) is 1.56. The number of hydrogen-bond acceptors (Lipinski definition) is 3. The summed E-state index contributed by atoms with van der Waals surface area (Å²) in [4.78, 5) is 13.0. The van der Waals surface area contributed by atoms with Crippen molar-refractivity contribution < 1.29 is 9.53 Å². The summed E-state index contributed by atoms with van der Waals surface area (Å²) in [5.74, 6) is 0. The zero-order chi connectivity index (χ0) is 8.97. The number of amides is 1. The molecule has 1 aliphatic rings. The third-order valence-electron chi connectivity index (χ3n) is 2.22. The van der Waals surface area contributed by atoms with Crippen LogP contribution in [0.3, 0.4) is 0 Å². The molecule has 4 heteroatoms. The van der Waals surface area contributed by atoms with Crippen LogP contribution in [0.2, 0.25) is 0 Å². The summed E-state index contributed by atoms with van der Waals surface area (Å²) in [6, 6.07) is 0.322. The molecule has 0 unspecified atom stereocenters. The topological polar surface area (TPSA) is 41.6 Å². The van der Waals surface area contributed by atoms with Gasteiger partial charge in [0, 0.05) is 19.1 Å². The smallest absolute Gasteiger partial charge is 0.409 e. The highest BCUT2D eigenvalue weighted by Gasteiger charge is 2.25. The molecule has 0 aliphatic carbocycles. The second kappa shape index (κ2) is 4.30. The standard InChI is InChI=1S/C8H16N2O2/c1-3-10(8(11)12-2)7-4-5-9-6-7/h7,9H,3-6H2,1-2H3/t7-/m0/s1. The van der Waals surface area contributed by atoms with Gasteiger partial charge < -0.3 is 15.0 Å². The van der Waals surface area contributed by atoms with E-state index in [2.05, 4.69) is 10.1 Å². The third-order valence-corrected chi connectivity index (χ3v) is 2.22. The molecule has 1 rings (SSSR count). The fourth-order valence-electron chi connectivity index (χ4n) is 1.56. The summed E-state index contributed by atoms with van der Waals surface area (Å²) in [6.45, 7) is 4.58. The molecule has 0 bridgehead atoms. The van der Waals surface area contributed by atoms with Crippen molar-refractivity contribution in [3.05, 3.63) is 0 Å². The quantitative estimate of drug-likeness (QED) is 0.657. The molecule has 12 heavy (non-hydrogen) atoms. The zero-order valence-corrected chi connectivity index (χ0v) is 7.67. The highest BCUT2D eigenvalue weighted by molar-refractivity contribution is 5.67. The Hall–Kier alpha value is -0.770. The lowest BCUT2D eigenvalue weighted by Crippen LogP contribution is -2.41. The molecule has 1 fully saturated rings. The van der Waals surface area contributed by atoms with Crippen LogP contribution in [-0.4, -0.2) is 43.8 Å². The second-order valence-corrected chi connectivity index (χ2v) is 2.90. The number of carbonyl (C=O) groups excluding carboxylic acids is 1. The van der Waals surface area contributed by atoms with Gasteiger partial charge in [0.1, 0.15) is 0 Å². The van der Waals surface area contributed by atoms with Gasteiger partial charge in [-0.25, -0.2) is 4.79 Å². The van der Waals surface area contributed by atoms with Gasteiger partial charge in [0.15, 0.2) is 0 Å². The summed E-state index contributed by atoms with van der Waals surface area (Å²) in [7, 11) is 1.42. The minimum atomic E-state index is -0.216. The first-order valence-electron chi connectivity index (χ1n) is 4.35. The molecule has 1 N–H and O–H groups in total. The summed E-state index contributed by atoms with van der Waals surface area (Å²) < 4.78 is 4.67. The van der Waals surface area contributed by atoms with Gasteiger partial charge in [0.2, 0.25) is 0 Å². The molecule has 70 valence electrons. The van der Waals surface area contributed by atoms with Gasteiger partial charge in [-0.1, -0.05) is 0 Å². The predicted molar refractivity (Wildman–Crippen MR) is 46.1 cm³/mol. The molecule has 0 aromatic heterocycles.